The van der Waals surface area contributed by atoms with E-state index in [0.29, 0.717) is 10.2 Å². The second kappa shape index (κ2) is 10.8. The predicted molar refractivity (Wildman–Crippen MR) is 105 cm³/mol. The zero-order valence-electron chi connectivity index (χ0n) is 13.9. The van der Waals surface area contributed by atoms with Gasteiger partial charge < -0.3 is 10.1 Å². The van der Waals surface area contributed by atoms with E-state index < -0.39 is 11.8 Å². The van der Waals surface area contributed by atoms with Gasteiger partial charge >= 0.3 is 0 Å². The summed E-state index contributed by atoms with van der Waals surface area (Å²) < 4.78 is 5.98. The largest absolute Gasteiger partial charge is 0.484 e. The number of nitrogens with zero attached hydrogens (tertiary/aromatic N) is 1. The summed E-state index contributed by atoms with van der Waals surface area (Å²) >= 11 is 3.34. The van der Waals surface area contributed by atoms with Gasteiger partial charge in [0.15, 0.2) is 6.61 Å². The first kappa shape index (κ1) is 19.4. The van der Waals surface area contributed by atoms with Crippen LogP contribution in [0.4, 0.5) is 0 Å². The van der Waals surface area contributed by atoms with E-state index in [1.165, 1.54) is 6.21 Å². The summed E-state index contributed by atoms with van der Waals surface area (Å²) in [5.41, 5.74) is 3.34. The lowest BCUT2D eigenvalue weighted by atomic mass is 10.2. The van der Waals surface area contributed by atoms with E-state index in [-0.39, 0.29) is 13.2 Å². The highest BCUT2D eigenvalue weighted by atomic mass is 79.9. The molecule has 0 radical (unpaired) electrons. The molecule has 0 aliphatic heterocycles. The van der Waals surface area contributed by atoms with Gasteiger partial charge in [-0.2, -0.15) is 5.10 Å². The molecular formula is C19H18BrN3O3. The third kappa shape index (κ3) is 7.76. The zero-order valence-corrected chi connectivity index (χ0v) is 15.5. The Kier molecular flexibility index (Phi) is 8.08. The first-order chi connectivity index (χ1) is 12.6. The Morgan fingerprint density at radius 3 is 2.35 bits per heavy atom. The van der Waals surface area contributed by atoms with Crippen LogP contribution in [0.2, 0.25) is 0 Å². The molecule has 0 aliphatic carbocycles. The minimum atomic E-state index is -0.436. The van der Waals surface area contributed by atoms with Crippen LogP contribution in [0.25, 0.3) is 6.08 Å². The molecule has 7 heteroatoms. The van der Waals surface area contributed by atoms with Crippen molar-refractivity contribution in [2.75, 3.05) is 13.2 Å². The van der Waals surface area contributed by atoms with Gasteiger partial charge in [0.1, 0.15) is 5.75 Å². The quantitative estimate of drug-likeness (QED) is 0.513. The summed E-state index contributed by atoms with van der Waals surface area (Å²) in [7, 11) is 0. The van der Waals surface area contributed by atoms with Crippen LogP contribution in [0.3, 0.4) is 0 Å². The molecular weight excluding hydrogens is 398 g/mol. The number of nitrogens with one attached hydrogen (secondary N) is 2. The zero-order chi connectivity index (χ0) is 18.6. The highest BCUT2D eigenvalue weighted by Gasteiger charge is 2.05. The number of allylic oxidation sites excluding steroid dienone is 1. The van der Waals surface area contributed by atoms with Crippen molar-refractivity contribution in [2.24, 2.45) is 5.10 Å². The summed E-state index contributed by atoms with van der Waals surface area (Å²) in [6.45, 7) is -0.347. The predicted octanol–water partition coefficient (Wildman–Crippen LogP) is 2.72. The molecule has 0 saturated heterocycles. The van der Waals surface area contributed by atoms with Gasteiger partial charge in [0, 0.05) is 4.48 Å². The minimum absolute atomic E-state index is 0.161. The van der Waals surface area contributed by atoms with E-state index in [9.17, 15) is 9.59 Å². The summed E-state index contributed by atoms with van der Waals surface area (Å²) in [5.74, 6) is -0.237. The number of halogens is 1. The highest BCUT2D eigenvalue weighted by molar-refractivity contribution is 9.12. The van der Waals surface area contributed by atoms with Crippen LogP contribution in [-0.4, -0.2) is 31.2 Å². The Bertz CT molecular complexity index is 777. The van der Waals surface area contributed by atoms with E-state index in [4.69, 9.17) is 4.74 Å². The summed E-state index contributed by atoms with van der Waals surface area (Å²) in [6, 6.07) is 18.6. The molecule has 0 spiro atoms. The maximum absolute atomic E-state index is 11.6. The first-order valence-corrected chi connectivity index (χ1v) is 8.61. The van der Waals surface area contributed by atoms with Crippen LogP contribution in [0.1, 0.15) is 5.56 Å². The van der Waals surface area contributed by atoms with Crippen LogP contribution in [0.5, 0.6) is 5.75 Å². The molecule has 2 aromatic carbocycles. The van der Waals surface area contributed by atoms with Gasteiger partial charge in [0.2, 0.25) is 0 Å². The topological polar surface area (TPSA) is 79.8 Å². The van der Waals surface area contributed by atoms with Gasteiger partial charge in [-0.05, 0) is 39.7 Å². The standard InChI is InChI=1S/C19H18BrN3O3/c20-16(11-15-7-3-1-4-8-15)12-22-23-18(24)13-21-19(25)14-26-17-9-5-2-6-10-17/h1-12H,13-14H2,(H,21,25)(H,23,24)/b16-11-,22-12+. The van der Waals surface area contributed by atoms with Gasteiger partial charge in [0.05, 0.1) is 12.8 Å². The molecule has 0 bridgehead atoms. The van der Waals surface area contributed by atoms with E-state index >= 15 is 0 Å². The fourth-order valence-electron chi connectivity index (χ4n) is 1.85. The molecule has 6 nitrogen and oxygen atoms in total. The van der Waals surface area contributed by atoms with Crippen molar-refractivity contribution in [3.8, 4) is 5.75 Å². The number of carbonyl (C=O) groups is 2. The van der Waals surface area contributed by atoms with Gasteiger partial charge in [-0.15, -0.1) is 0 Å². The monoisotopic (exact) mass is 415 g/mol. The van der Waals surface area contributed by atoms with Gasteiger partial charge in [-0.1, -0.05) is 48.5 Å². The Morgan fingerprint density at radius 2 is 1.65 bits per heavy atom. The summed E-state index contributed by atoms with van der Waals surface area (Å²) in [4.78, 5) is 23.3. The molecule has 2 N–H and O–H groups in total. The molecule has 0 saturated carbocycles. The molecule has 26 heavy (non-hydrogen) atoms. The SMILES string of the molecule is O=C(COc1ccccc1)NCC(=O)N/N=C/C(Br)=C/c1ccccc1. The smallest absolute Gasteiger partial charge is 0.259 e. The fourth-order valence-corrected chi connectivity index (χ4v) is 2.21. The molecule has 0 atom stereocenters. The summed E-state index contributed by atoms with van der Waals surface area (Å²) in [5, 5.41) is 6.27. The van der Waals surface area contributed by atoms with Crippen molar-refractivity contribution in [2.45, 2.75) is 0 Å². The normalized spacial score (nSPS) is 11.2. The van der Waals surface area contributed by atoms with E-state index in [1.54, 1.807) is 12.1 Å². The Labute approximate surface area is 160 Å². The molecule has 0 fully saturated rings. The van der Waals surface area contributed by atoms with Gasteiger partial charge in [-0.3, -0.25) is 9.59 Å². The van der Waals surface area contributed by atoms with Crippen molar-refractivity contribution in [3.63, 3.8) is 0 Å². The van der Waals surface area contributed by atoms with Crippen molar-refractivity contribution in [1.82, 2.24) is 10.7 Å². The van der Waals surface area contributed by atoms with Crippen LogP contribution < -0.4 is 15.5 Å². The first-order valence-electron chi connectivity index (χ1n) is 7.82. The minimum Gasteiger partial charge on any atom is -0.484 e. The number of para-hydroxylation sites is 1. The van der Waals surface area contributed by atoms with E-state index in [2.05, 4.69) is 31.8 Å². The number of hydrogen-bond donors (Lipinski definition) is 2. The lowest BCUT2D eigenvalue weighted by Crippen LogP contribution is -2.37. The van der Waals surface area contributed by atoms with Crippen molar-refractivity contribution in [1.29, 1.82) is 0 Å². The Hall–Kier alpha value is -2.93. The van der Waals surface area contributed by atoms with Crippen LogP contribution >= 0.6 is 15.9 Å². The van der Waals surface area contributed by atoms with Crippen molar-refractivity contribution in [3.05, 3.63) is 70.7 Å². The summed E-state index contributed by atoms with van der Waals surface area (Å²) in [6.07, 6.45) is 3.32. The molecule has 0 aliphatic rings. The number of rotatable bonds is 8. The molecule has 0 unspecified atom stereocenters. The highest BCUT2D eigenvalue weighted by Crippen LogP contribution is 2.09. The number of benzene rings is 2. The van der Waals surface area contributed by atoms with Crippen molar-refractivity contribution < 1.29 is 14.3 Å². The molecule has 0 aromatic heterocycles. The van der Waals surface area contributed by atoms with Crippen LogP contribution in [0.15, 0.2) is 70.2 Å². The van der Waals surface area contributed by atoms with E-state index in [1.807, 2.05) is 54.6 Å². The number of amides is 2. The maximum Gasteiger partial charge on any atom is 0.259 e. The van der Waals surface area contributed by atoms with Gasteiger partial charge in [0.25, 0.3) is 11.8 Å². The third-order valence-corrected chi connectivity index (χ3v) is 3.47. The maximum atomic E-state index is 11.6. The molecule has 2 amide bonds. The Morgan fingerprint density at radius 1 is 1.00 bits per heavy atom. The van der Waals surface area contributed by atoms with Crippen molar-refractivity contribution >= 4 is 40.0 Å². The fraction of sp³-hybridized carbons (Fsp3) is 0.105. The lowest BCUT2D eigenvalue weighted by Gasteiger charge is -2.06. The van der Waals surface area contributed by atoms with Gasteiger partial charge in [-0.25, -0.2) is 5.43 Å². The molecule has 2 aromatic rings. The molecule has 0 heterocycles. The number of hydrazone groups is 1. The van der Waals surface area contributed by atoms with Crippen LogP contribution in [0, 0.1) is 0 Å². The Balaban J connectivity index is 1.66. The number of carbonyl (C=O) groups excluding carboxylic acids is 2. The average Bonchev–Trinajstić information content (AvgIpc) is 2.66. The number of hydrogen-bond acceptors (Lipinski definition) is 4. The second-order valence-corrected chi connectivity index (χ2v) is 6.03. The molecule has 134 valence electrons. The second-order valence-electron chi connectivity index (χ2n) is 5.11. The lowest BCUT2D eigenvalue weighted by molar-refractivity contribution is -0.127. The molecule has 2 rings (SSSR count). The van der Waals surface area contributed by atoms with E-state index in [0.717, 1.165) is 5.56 Å². The average molecular weight is 416 g/mol. The third-order valence-electron chi connectivity index (χ3n) is 3.04. The van der Waals surface area contributed by atoms with Crippen LogP contribution in [-0.2, 0) is 9.59 Å². The number of ether oxygens (including phenoxy) is 1.